The highest BCUT2D eigenvalue weighted by atomic mass is 32.2. The first kappa shape index (κ1) is 15.1. The Morgan fingerprint density at radius 1 is 1.39 bits per heavy atom. The van der Waals surface area contributed by atoms with Crippen LogP contribution in [0.5, 0.6) is 0 Å². The van der Waals surface area contributed by atoms with Gasteiger partial charge in [0, 0.05) is 12.8 Å². The van der Waals surface area contributed by atoms with Crippen LogP contribution in [0.2, 0.25) is 0 Å². The first-order chi connectivity index (χ1) is 8.26. The molecular formula is C11H21N3O3S. The first-order valence-electron chi connectivity index (χ1n) is 5.98. The van der Waals surface area contributed by atoms with E-state index in [0.717, 1.165) is 5.69 Å². The Bertz CT molecular complexity index is 474. The number of aliphatic hydroxyl groups is 1. The van der Waals surface area contributed by atoms with Crippen LogP contribution in [0.15, 0.2) is 6.20 Å². The van der Waals surface area contributed by atoms with Crippen LogP contribution in [0.4, 0.5) is 0 Å². The molecule has 0 aliphatic heterocycles. The number of aromatic nitrogens is 3. The third-order valence-electron chi connectivity index (χ3n) is 2.70. The Balaban J connectivity index is 2.57. The first-order valence-corrected chi connectivity index (χ1v) is 7.63. The molecule has 0 aromatic carbocycles. The molecule has 6 nitrogen and oxygen atoms in total. The van der Waals surface area contributed by atoms with E-state index in [4.69, 9.17) is 5.11 Å². The maximum Gasteiger partial charge on any atom is 0.157 e. The predicted octanol–water partition coefficient (Wildman–Crippen LogP) is 0.416. The molecule has 1 rings (SSSR count). The number of sulfone groups is 1. The molecule has 1 aromatic rings. The van der Waals surface area contributed by atoms with Gasteiger partial charge in [0.1, 0.15) is 0 Å². The molecule has 0 amide bonds. The average molecular weight is 275 g/mol. The second-order valence-electron chi connectivity index (χ2n) is 5.23. The maximum atomic E-state index is 11.9. The molecule has 1 heterocycles. The zero-order valence-corrected chi connectivity index (χ0v) is 11.9. The van der Waals surface area contributed by atoms with E-state index >= 15 is 0 Å². The molecule has 1 N–H and O–H groups in total. The minimum Gasteiger partial charge on any atom is -0.396 e. The molecule has 0 aliphatic rings. The summed E-state index contributed by atoms with van der Waals surface area (Å²) in [6, 6.07) is 0. The van der Waals surface area contributed by atoms with Crippen molar-refractivity contribution in [1.29, 1.82) is 0 Å². The van der Waals surface area contributed by atoms with E-state index in [1.165, 1.54) is 4.68 Å². The van der Waals surface area contributed by atoms with Crippen molar-refractivity contribution in [2.45, 2.75) is 44.9 Å². The molecule has 0 saturated carbocycles. The molecule has 0 bridgehead atoms. The number of nitrogens with zero attached hydrogens (tertiary/aromatic N) is 3. The van der Waals surface area contributed by atoms with Crippen molar-refractivity contribution in [1.82, 2.24) is 15.0 Å². The summed E-state index contributed by atoms with van der Waals surface area (Å²) in [7, 11) is -3.13. The lowest BCUT2D eigenvalue weighted by Gasteiger charge is -2.18. The van der Waals surface area contributed by atoms with E-state index in [1.54, 1.807) is 27.0 Å². The fraction of sp³-hybridized carbons (Fsp3) is 0.818. The number of aliphatic hydroxyl groups excluding tert-OH is 1. The van der Waals surface area contributed by atoms with Gasteiger partial charge in [-0.05, 0) is 33.6 Å². The lowest BCUT2D eigenvalue weighted by atomic mass is 10.3. The summed E-state index contributed by atoms with van der Waals surface area (Å²) >= 11 is 0. The van der Waals surface area contributed by atoms with Gasteiger partial charge in [-0.3, -0.25) is 4.68 Å². The van der Waals surface area contributed by atoms with Crippen LogP contribution in [0.1, 0.15) is 32.9 Å². The molecule has 1 aromatic heterocycles. The minimum atomic E-state index is -3.13. The van der Waals surface area contributed by atoms with Gasteiger partial charge in [0.05, 0.1) is 22.7 Å². The Morgan fingerprint density at radius 3 is 2.61 bits per heavy atom. The summed E-state index contributed by atoms with van der Waals surface area (Å²) in [6.45, 7) is 5.50. The van der Waals surface area contributed by atoms with E-state index in [0.29, 0.717) is 19.4 Å². The quantitative estimate of drug-likeness (QED) is 0.813. The van der Waals surface area contributed by atoms with Crippen LogP contribution >= 0.6 is 0 Å². The highest BCUT2D eigenvalue weighted by molar-refractivity contribution is 7.92. The summed E-state index contributed by atoms with van der Waals surface area (Å²) in [5, 5.41) is 16.5. The highest BCUT2D eigenvalue weighted by Gasteiger charge is 2.28. The van der Waals surface area contributed by atoms with Gasteiger partial charge >= 0.3 is 0 Å². The van der Waals surface area contributed by atoms with Gasteiger partial charge in [-0.15, -0.1) is 5.10 Å². The second kappa shape index (κ2) is 5.79. The second-order valence-corrected chi connectivity index (χ2v) is 8.09. The number of rotatable bonds is 6. The molecule has 7 heteroatoms. The van der Waals surface area contributed by atoms with Crippen molar-refractivity contribution in [3.8, 4) is 0 Å². The molecule has 0 radical (unpaired) electrons. The molecule has 0 aliphatic carbocycles. The number of aryl methyl sites for hydroxylation is 2. The van der Waals surface area contributed by atoms with Crippen LogP contribution in [-0.4, -0.2) is 45.6 Å². The van der Waals surface area contributed by atoms with Crippen LogP contribution in [0, 0.1) is 0 Å². The lowest BCUT2D eigenvalue weighted by Crippen LogP contribution is -2.32. The molecule has 0 fully saturated rings. The SMILES string of the molecule is CC(C)(C)S(=O)(=O)CCn1cc(CCCO)nn1. The number of hydrogen-bond donors (Lipinski definition) is 1. The van der Waals surface area contributed by atoms with Crippen molar-refractivity contribution in [2.75, 3.05) is 12.4 Å². The van der Waals surface area contributed by atoms with Crippen LogP contribution < -0.4 is 0 Å². The molecule has 0 unspecified atom stereocenters. The normalized spacial score (nSPS) is 12.9. The Morgan fingerprint density at radius 2 is 2.06 bits per heavy atom. The number of hydrogen-bond acceptors (Lipinski definition) is 5. The van der Waals surface area contributed by atoms with E-state index < -0.39 is 14.6 Å². The van der Waals surface area contributed by atoms with Crippen molar-refractivity contribution in [3.05, 3.63) is 11.9 Å². The zero-order valence-electron chi connectivity index (χ0n) is 11.1. The predicted molar refractivity (Wildman–Crippen MR) is 69.0 cm³/mol. The van der Waals surface area contributed by atoms with E-state index in [2.05, 4.69) is 10.3 Å². The summed E-state index contributed by atoms with van der Waals surface area (Å²) < 4.78 is 24.6. The van der Waals surface area contributed by atoms with Crippen LogP contribution in [0.25, 0.3) is 0 Å². The summed E-state index contributed by atoms with van der Waals surface area (Å²) in [6.07, 6.45) is 3.02. The van der Waals surface area contributed by atoms with Gasteiger partial charge in [0.15, 0.2) is 9.84 Å². The fourth-order valence-electron chi connectivity index (χ4n) is 1.34. The van der Waals surface area contributed by atoms with Crippen molar-refractivity contribution in [2.24, 2.45) is 0 Å². The molecule has 0 atom stereocenters. The van der Waals surface area contributed by atoms with Crippen LogP contribution in [-0.2, 0) is 22.8 Å². The van der Waals surface area contributed by atoms with Crippen molar-refractivity contribution >= 4 is 9.84 Å². The Kier molecular flexibility index (Phi) is 4.86. The van der Waals surface area contributed by atoms with Gasteiger partial charge in [-0.1, -0.05) is 5.21 Å². The topological polar surface area (TPSA) is 85.1 Å². The largest absolute Gasteiger partial charge is 0.396 e. The Hall–Kier alpha value is -0.950. The zero-order chi connectivity index (χ0) is 13.8. The lowest BCUT2D eigenvalue weighted by molar-refractivity contribution is 0.288. The van der Waals surface area contributed by atoms with Crippen LogP contribution in [0.3, 0.4) is 0 Å². The van der Waals surface area contributed by atoms with Gasteiger partial charge in [0.25, 0.3) is 0 Å². The monoisotopic (exact) mass is 275 g/mol. The third-order valence-corrected chi connectivity index (χ3v) is 5.29. The van der Waals surface area contributed by atoms with E-state index in [9.17, 15) is 8.42 Å². The van der Waals surface area contributed by atoms with Gasteiger partial charge in [0.2, 0.25) is 0 Å². The highest BCUT2D eigenvalue weighted by Crippen LogP contribution is 2.16. The average Bonchev–Trinajstić information content (AvgIpc) is 2.70. The fourth-order valence-corrected chi connectivity index (χ4v) is 2.38. The summed E-state index contributed by atoms with van der Waals surface area (Å²) in [5.74, 6) is 0.0549. The minimum absolute atomic E-state index is 0.0549. The smallest absolute Gasteiger partial charge is 0.157 e. The van der Waals surface area contributed by atoms with E-state index in [1.807, 2.05) is 0 Å². The van der Waals surface area contributed by atoms with Crippen molar-refractivity contribution < 1.29 is 13.5 Å². The van der Waals surface area contributed by atoms with E-state index in [-0.39, 0.29) is 12.4 Å². The summed E-state index contributed by atoms with van der Waals surface area (Å²) in [5.41, 5.74) is 0.775. The Labute approximate surface area is 108 Å². The summed E-state index contributed by atoms with van der Waals surface area (Å²) in [4.78, 5) is 0. The van der Waals surface area contributed by atoms with Gasteiger partial charge in [-0.25, -0.2) is 8.42 Å². The molecule has 0 spiro atoms. The molecule has 104 valence electrons. The molecular weight excluding hydrogens is 254 g/mol. The van der Waals surface area contributed by atoms with Gasteiger partial charge < -0.3 is 5.11 Å². The standard InChI is InChI=1S/C11H21N3O3S/c1-11(2,3)18(16,17)8-6-14-9-10(12-13-14)5-4-7-15/h9,15H,4-8H2,1-3H3. The van der Waals surface area contributed by atoms with Gasteiger partial charge in [-0.2, -0.15) is 0 Å². The molecule has 18 heavy (non-hydrogen) atoms. The maximum absolute atomic E-state index is 11.9. The third kappa shape index (κ3) is 4.06. The molecule has 0 saturated heterocycles. The van der Waals surface area contributed by atoms with Crippen molar-refractivity contribution in [3.63, 3.8) is 0 Å².